The summed E-state index contributed by atoms with van der Waals surface area (Å²) in [5.74, 6) is -0.495. The number of carbonyl (C=O) groups excluding carboxylic acids is 3. The zero-order chi connectivity index (χ0) is 24.5. The Kier molecular flexibility index (Phi) is 30.4. The van der Waals surface area contributed by atoms with Gasteiger partial charge in [0.1, 0.15) is 0 Å². The van der Waals surface area contributed by atoms with E-state index in [0.29, 0.717) is 6.41 Å². The van der Waals surface area contributed by atoms with Gasteiger partial charge in [-0.05, 0) is 19.4 Å². The maximum Gasteiger partial charge on any atom is 0.253 e. The zero-order valence-electron chi connectivity index (χ0n) is 20.4. The average Bonchev–Trinajstić information content (AvgIpc) is 3.14. The molecule has 0 atom stereocenters. The van der Waals surface area contributed by atoms with Crippen molar-refractivity contribution in [3.05, 3.63) is 60.4 Å². The lowest BCUT2D eigenvalue weighted by molar-refractivity contribution is -0.179. The third-order valence-corrected chi connectivity index (χ3v) is 3.06. The van der Waals surface area contributed by atoms with Crippen LogP contribution in [-0.2, 0) is 19.2 Å². The van der Waals surface area contributed by atoms with Gasteiger partial charge in [-0.15, -0.1) is 0 Å². The van der Waals surface area contributed by atoms with Crippen molar-refractivity contribution in [2.75, 3.05) is 7.11 Å². The van der Waals surface area contributed by atoms with Crippen molar-refractivity contribution >= 4 is 18.2 Å². The minimum Gasteiger partial charge on any atom is -0.328 e. The van der Waals surface area contributed by atoms with Crippen LogP contribution in [0.15, 0.2) is 60.4 Å². The van der Waals surface area contributed by atoms with Gasteiger partial charge in [-0.2, -0.15) is 5.06 Å². The topological polar surface area (TPSA) is 75.7 Å². The van der Waals surface area contributed by atoms with Crippen molar-refractivity contribution in [2.45, 2.75) is 68.2 Å². The summed E-state index contributed by atoms with van der Waals surface area (Å²) in [5, 5.41) is 3.42. The van der Waals surface area contributed by atoms with Crippen LogP contribution in [0.25, 0.3) is 0 Å². The number of carbonyl (C=O) groups is 3. The molecule has 6 heteroatoms. The van der Waals surface area contributed by atoms with E-state index in [-0.39, 0.29) is 24.7 Å². The van der Waals surface area contributed by atoms with Crippen molar-refractivity contribution in [3.63, 3.8) is 0 Å². The monoisotopic (exact) mass is 422 g/mol. The lowest BCUT2D eigenvalue weighted by atomic mass is 10.0. The first kappa shape index (κ1) is 34.8. The lowest BCUT2D eigenvalue weighted by Crippen LogP contribution is -2.27. The molecular weight excluding hydrogens is 380 g/mol. The Morgan fingerprint density at radius 1 is 0.967 bits per heavy atom. The molecule has 30 heavy (non-hydrogen) atoms. The van der Waals surface area contributed by atoms with Crippen LogP contribution in [0.3, 0.4) is 0 Å². The summed E-state index contributed by atoms with van der Waals surface area (Å²) in [7, 11) is 1.31. The molecule has 1 aliphatic heterocycles. The summed E-state index contributed by atoms with van der Waals surface area (Å²) in [4.78, 5) is 36.1. The molecule has 0 aromatic rings. The number of hydrogen-bond donors (Lipinski definition) is 1. The van der Waals surface area contributed by atoms with Crippen molar-refractivity contribution in [2.24, 2.45) is 0 Å². The molecule has 0 aromatic heterocycles. The summed E-state index contributed by atoms with van der Waals surface area (Å²) in [5.41, 5.74) is 2.51. The van der Waals surface area contributed by atoms with E-state index in [0.717, 1.165) is 21.9 Å². The van der Waals surface area contributed by atoms with Crippen molar-refractivity contribution < 1.29 is 19.2 Å². The van der Waals surface area contributed by atoms with Crippen LogP contribution in [0.2, 0.25) is 0 Å². The molecule has 0 aromatic carbocycles. The maximum atomic E-state index is 10.6. The predicted octanol–water partition coefficient (Wildman–Crippen LogP) is 5.66. The van der Waals surface area contributed by atoms with Crippen LogP contribution in [-0.4, -0.2) is 30.4 Å². The molecule has 1 heterocycles. The SMILES string of the molecule is C=CC(/C=C\C)=C(C=C)\C(=C/C)NC=O.CC.CC.CC.CON1C(=O)CCC1=O. The van der Waals surface area contributed by atoms with E-state index < -0.39 is 0 Å². The van der Waals surface area contributed by atoms with Gasteiger partial charge < -0.3 is 5.32 Å². The van der Waals surface area contributed by atoms with Gasteiger partial charge in [0.05, 0.1) is 7.11 Å². The molecule has 0 bridgehead atoms. The minimum absolute atomic E-state index is 0.248. The van der Waals surface area contributed by atoms with Gasteiger partial charge in [0.15, 0.2) is 0 Å². The van der Waals surface area contributed by atoms with Crippen LogP contribution in [0.1, 0.15) is 68.2 Å². The number of amides is 3. The van der Waals surface area contributed by atoms with Gasteiger partial charge in [0.25, 0.3) is 11.8 Å². The van der Waals surface area contributed by atoms with E-state index in [1.165, 1.54) is 7.11 Å². The first-order valence-electron chi connectivity index (χ1n) is 10.4. The fourth-order valence-corrected chi connectivity index (χ4v) is 1.97. The number of hydrogen-bond acceptors (Lipinski definition) is 4. The molecule has 0 aliphatic carbocycles. The Bertz CT molecular complexity index is 572. The first-order chi connectivity index (χ1) is 14.5. The Balaban J connectivity index is -0.000000191. The minimum atomic E-state index is -0.248. The molecule has 0 radical (unpaired) electrons. The van der Waals surface area contributed by atoms with Crippen molar-refractivity contribution in [3.8, 4) is 0 Å². The third-order valence-electron chi connectivity index (χ3n) is 3.06. The van der Waals surface area contributed by atoms with Gasteiger partial charge in [0.2, 0.25) is 6.41 Å². The molecule has 1 rings (SSSR count). The van der Waals surface area contributed by atoms with E-state index >= 15 is 0 Å². The number of imide groups is 1. The molecular formula is C24H42N2O4. The molecule has 1 fully saturated rings. The summed E-state index contributed by atoms with van der Waals surface area (Å²) < 4.78 is 0. The van der Waals surface area contributed by atoms with E-state index in [9.17, 15) is 14.4 Å². The molecule has 1 N–H and O–H groups in total. The van der Waals surface area contributed by atoms with Crippen LogP contribution >= 0.6 is 0 Å². The lowest BCUT2D eigenvalue weighted by Gasteiger charge is -2.09. The highest BCUT2D eigenvalue weighted by Crippen LogP contribution is 2.16. The Morgan fingerprint density at radius 3 is 1.67 bits per heavy atom. The fourth-order valence-electron chi connectivity index (χ4n) is 1.97. The maximum absolute atomic E-state index is 10.6. The molecule has 1 aliphatic rings. The predicted molar refractivity (Wildman–Crippen MR) is 127 cm³/mol. The van der Waals surface area contributed by atoms with Gasteiger partial charge in [0, 0.05) is 24.1 Å². The molecule has 0 saturated carbocycles. The largest absolute Gasteiger partial charge is 0.328 e. The number of nitrogens with one attached hydrogen (secondary N) is 1. The number of hydroxylamine groups is 2. The average molecular weight is 423 g/mol. The molecule has 1 saturated heterocycles. The summed E-state index contributed by atoms with van der Waals surface area (Å²) in [6.45, 7) is 23.2. The van der Waals surface area contributed by atoms with Crippen molar-refractivity contribution in [1.29, 1.82) is 0 Å². The van der Waals surface area contributed by atoms with Gasteiger partial charge >= 0.3 is 0 Å². The quantitative estimate of drug-likeness (QED) is 0.326. The summed E-state index contributed by atoms with van der Waals surface area (Å²) in [6, 6.07) is 0. The zero-order valence-corrected chi connectivity index (χ0v) is 20.4. The van der Waals surface area contributed by atoms with E-state index in [1.807, 2.05) is 73.6 Å². The molecule has 0 spiro atoms. The second kappa shape index (κ2) is 26.3. The Morgan fingerprint density at radius 2 is 1.43 bits per heavy atom. The third kappa shape index (κ3) is 14.3. The highest BCUT2D eigenvalue weighted by Gasteiger charge is 2.28. The van der Waals surface area contributed by atoms with Crippen LogP contribution in [0, 0.1) is 0 Å². The summed E-state index contributed by atoms with van der Waals surface area (Å²) in [6.07, 6.45) is 10.3. The number of nitrogens with zero attached hydrogens (tertiary/aromatic N) is 1. The van der Waals surface area contributed by atoms with Gasteiger partial charge in [-0.3, -0.25) is 19.2 Å². The smallest absolute Gasteiger partial charge is 0.253 e. The molecule has 3 amide bonds. The Hall–Kier alpha value is -2.73. The van der Waals surface area contributed by atoms with Crippen LogP contribution in [0.5, 0.6) is 0 Å². The molecule has 0 unspecified atom stereocenters. The standard InChI is InChI=1S/C13H17NO.C5H7NO3.3C2H6/c1-5-9-11(6-2)12(7-3)13(8-4)14-10-15;1-9-6-4(7)2-3-5(6)8;3*1-2/h5-10H,2-3H2,1,4H3,(H,14,15);2-3H2,1H3;3*1-2H3/b9-5-,12-11+,13-8+;;;;. The highest BCUT2D eigenvalue weighted by atomic mass is 16.7. The number of allylic oxidation sites excluding steroid dienone is 6. The molecule has 172 valence electrons. The normalized spacial score (nSPS) is 13.1. The van der Waals surface area contributed by atoms with Crippen LogP contribution < -0.4 is 5.32 Å². The van der Waals surface area contributed by atoms with Gasteiger partial charge in [-0.25, -0.2) is 0 Å². The van der Waals surface area contributed by atoms with E-state index in [2.05, 4.69) is 23.3 Å². The second-order valence-electron chi connectivity index (χ2n) is 4.51. The first-order valence-corrected chi connectivity index (χ1v) is 10.4. The molecule has 6 nitrogen and oxygen atoms in total. The number of rotatable bonds is 7. The van der Waals surface area contributed by atoms with E-state index in [4.69, 9.17) is 0 Å². The Labute approximate surface area is 184 Å². The van der Waals surface area contributed by atoms with Crippen molar-refractivity contribution in [1.82, 2.24) is 10.4 Å². The highest BCUT2D eigenvalue weighted by molar-refractivity contribution is 6.00. The second-order valence-corrected chi connectivity index (χ2v) is 4.51. The van der Waals surface area contributed by atoms with E-state index in [1.54, 1.807) is 12.2 Å². The fraction of sp³-hybridized carbons (Fsp3) is 0.458. The van der Waals surface area contributed by atoms with Gasteiger partial charge in [-0.1, -0.05) is 85.1 Å². The van der Waals surface area contributed by atoms with Crippen LogP contribution in [0.4, 0.5) is 0 Å². The summed E-state index contributed by atoms with van der Waals surface area (Å²) >= 11 is 0.